The van der Waals surface area contributed by atoms with Crippen LogP contribution in [0.3, 0.4) is 0 Å². The van der Waals surface area contributed by atoms with Gasteiger partial charge in [-0.05, 0) is 0 Å². The van der Waals surface area contributed by atoms with E-state index in [1.807, 2.05) is 0 Å². The number of carbonyl (C=O) groups excluding carboxylic acids is 2. The summed E-state index contributed by atoms with van der Waals surface area (Å²) in [6.45, 7) is 0. The van der Waals surface area contributed by atoms with Gasteiger partial charge in [0.05, 0.1) is 11.9 Å². The van der Waals surface area contributed by atoms with Crippen molar-refractivity contribution >= 4 is 52.4 Å². The Labute approximate surface area is 72.2 Å². The van der Waals surface area contributed by atoms with Gasteiger partial charge >= 0.3 is 40.4 Å². The third-order valence-electron chi connectivity index (χ3n) is 0.167. The zero-order valence-corrected chi connectivity index (χ0v) is 6.49. The first kappa shape index (κ1) is 15.7. The van der Waals surface area contributed by atoms with Gasteiger partial charge in [0.2, 0.25) is 0 Å². The Kier molecular flexibility index (Phi) is 14.2. The Morgan fingerprint density at radius 1 is 1.00 bits per heavy atom. The SMILES string of the molecule is O=C([O-])C(=O)[O-].[Al+3].[Mg+2]. The largest absolute Gasteiger partial charge is 3.00 e. The van der Waals surface area contributed by atoms with Gasteiger partial charge in [0, 0.05) is 0 Å². The topological polar surface area (TPSA) is 80.3 Å². The molecule has 0 aromatic rings. The van der Waals surface area contributed by atoms with Gasteiger partial charge in [0.25, 0.3) is 0 Å². The summed E-state index contributed by atoms with van der Waals surface area (Å²) in [5, 5.41) is 17.9. The Hall–Kier alpha value is 0.239. The van der Waals surface area contributed by atoms with Crippen molar-refractivity contribution in [3.05, 3.63) is 0 Å². The van der Waals surface area contributed by atoms with Crippen molar-refractivity contribution in [3.8, 4) is 0 Å². The van der Waals surface area contributed by atoms with Gasteiger partial charge in [0.1, 0.15) is 0 Å². The molecule has 0 aliphatic carbocycles. The summed E-state index contributed by atoms with van der Waals surface area (Å²) in [6.07, 6.45) is 0. The minimum absolute atomic E-state index is 0. The molecule has 0 heterocycles. The van der Waals surface area contributed by atoms with E-state index < -0.39 is 11.9 Å². The van der Waals surface area contributed by atoms with E-state index in [0.717, 1.165) is 0 Å². The second-order valence-electron chi connectivity index (χ2n) is 0.575. The predicted octanol–water partition coefficient (Wildman–Crippen LogP) is -4.28. The maximum Gasteiger partial charge on any atom is 3.00 e. The van der Waals surface area contributed by atoms with Crippen LogP contribution in [-0.4, -0.2) is 52.4 Å². The molecule has 8 heavy (non-hydrogen) atoms. The van der Waals surface area contributed by atoms with Crippen molar-refractivity contribution in [1.82, 2.24) is 0 Å². The summed E-state index contributed by atoms with van der Waals surface area (Å²) in [5.74, 6) is -4.37. The van der Waals surface area contributed by atoms with E-state index in [1.165, 1.54) is 0 Å². The van der Waals surface area contributed by atoms with Crippen molar-refractivity contribution in [2.75, 3.05) is 0 Å². The molecular weight excluding hydrogens is 139 g/mol. The molecule has 0 saturated heterocycles. The Morgan fingerprint density at radius 2 is 1.12 bits per heavy atom. The van der Waals surface area contributed by atoms with Crippen LogP contribution >= 0.6 is 0 Å². The van der Waals surface area contributed by atoms with Crippen LogP contribution in [0, 0.1) is 0 Å². The number of carboxylic acids is 2. The third-order valence-corrected chi connectivity index (χ3v) is 0.167. The molecule has 0 radical (unpaired) electrons. The first-order valence-electron chi connectivity index (χ1n) is 1.07. The second kappa shape index (κ2) is 7.24. The average molecular weight is 139 g/mol. The van der Waals surface area contributed by atoms with Gasteiger partial charge in [-0.2, -0.15) is 0 Å². The summed E-state index contributed by atoms with van der Waals surface area (Å²) in [6, 6.07) is 0. The molecule has 0 aromatic carbocycles. The van der Waals surface area contributed by atoms with Gasteiger partial charge in [-0.1, -0.05) is 0 Å². The van der Waals surface area contributed by atoms with Crippen molar-refractivity contribution in [2.24, 2.45) is 0 Å². The second-order valence-corrected chi connectivity index (χ2v) is 0.575. The molecule has 4 nitrogen and oxygen atoms in total. The number of rotatable bonds is 0. The van der Waals surface area contributed by atoms with Crippen LogP contribution in [0.5, 0.6) is 0 Å². The fourth-order valence-electron chi connectivity index (χ4n) is 0. The number of carboxylic acid groups (broad SMARTS) is 2. The van der Waals surface area contributed by atoms with Gasteiger partial charge in [-0.15, -0.1) is 0 Å². The molecular formula is C2AlMgO4+3. The molecule has 0 rings (SSSR count). The normalized spacial score (nSPS) is 5.50. The van der Waals surface area contributed by atoms with E-state index in [-0.39, 0.29) is 40.4 Å². The summed E-state index contributed by atoms with van der Waals surface area (Å²) >= 11 is 0. The summed E-state index contributed by atoms with van der Waals surface area (Å²) in [5.41, 5.74) is 0. The van der Waals surface area contributed by atoms with E-state index in [2.05, 4.69) is 0 Å². The van der Waals surface area contributed by atoms with Crippen molar-refractivity contribution in [1.29, 1.82) is 0 Å². The molecule has 34 valence electrons. The maximum atomic E-state index is 8.93. The first-order valence-corrected chi connectivity index (χ1v) is 1.07. The van der Waals surface area contributed by atoms with E-state index in [4.69, 9.17) is 19.8 Å². The molecule has 0 fully saturated rings. The number of carbonyl (C=O) groups is 2. The number of hydrogen-bond acceptors (Lipinski definition) is 4. The van der Waals surface area contributed by atoms with E-state index in [1.54, 1.807) is 0 Å². The Morgan fingerprint density at radius 3 is 1.12 bits per heavy atom. The summed E-state index contributed by atoms with van der Waals surface area (Å²) in [7, 11) is 0. The van der Waals surface area contributed by atoms with Gasteiger partial charge < -0.3 is 19.8 Å². The molecule has 0 bridgehead atoms. The molecule has 0 aliphatic rings. The molecule has 0 amide bonds. The molecule has 0 aliphatic heterocycles. The van der Waals surface area contributed by atoms with Crippen LogP contribution in [-0.2, 0) is 9.59 Å². The van der Waals surface area contributed by atoms with Crippen LogP contribution in [0.1, 0.15) is 0 Å². The van der Waals surface area contributed by atoms with Crippen LogP contribution in [0.15, 0.2) is 0 Å². The molecule has 0 N–H and O–H groups in total. The summed E-state index contributed by atoms with van der Waals surface area (Å²) in [4.78, 5) is 17.9. The fourth-order valence-corrected chi connectivity index (χ4v) is 0. The van der Waals surface area contributed by atoms with E-state index in [0.29, 0.717) is 0 Å². The van der Waals surface area contributed by atoms with Gasteiger partial charge in [0.15, 0.2) is 0 Å². The van der Waals surface area contributed by atoms with E-state index in [9.17, 15) is 0 Å². The van der Waals surface area contributed by atoms with E-state index >= 15 is 0 Å². The maximum absolute atomic E-state index is 8.93. The van der Waals surface area contributed by atoms with Crippen LogP contribution < -0.4 is 10.2 Å². The Bertz CT molecular complexity index is 80.0. The average Bonchev–Trinajstić information content (AvgIpc) is 1.36. The first-order chi connectivity index (χ1) is 2.64. The zero-order valence-electron chi connectivity index (χ0n) is 3.92. The van der Waals surface area contributed by atoms with Crippen LogP contribution in [0.25, 0.3) is 0 Å². The van der Waals surface area contributed by atoms with Crippen molar-refractivity contribution in [2.45, 2.75) is 0 Å². The molecule has 0 aromatic heterocycles. The minimum Gasteiger partial charge on any atom is -0.543 e. The molecule has 0 atom stereocenters. The standard InChI is InChI=1S/C2H2O4.Al.Mg/c3-1(4)2(5)6;;/h(H,3,4)(H,5,6);;/q;+3;+2/p-2. The predicted molar refractivity (Wildman–Crippen MR) is 21.5 cm³/mol. The monoisotopic (exact) mass is 139 g/mol. The Balaban J connectivity index is -0.000000125. The zero-order chi connectivity index (χ0) is 5.15. The number of aliphatic carboxylic acids is 2. The molecule has 6 heteroatoms. The third kappa shape index (κ3) is 9.53. The molecule has 0 unspecified atom stereocenters. The minimum atomic E-state index is -2.19. The molecule has 0 saturated carbocycles. The van der Waals surface area contributed by atoms with Crippen LogP contribution in [0.4, 0.5) is 0 Å². The van der Waals surface area contributed by atoms with Gasteiger partial charge in [-0.25, -0.2) is 0 Å². The quantitative estimate of drug-likeness (QED) is 0.251. The van der Waals surface area contributed by atoms with Gasteiger partial charge in [-0.3, -0.25) is 0 Å². The van der Waals surface area contributed by atoms with Crippen molar-refractivity contribution in [3.63, 3.8) is 0 Å². The molecule has 0 spiro atoms. The van der Waals surface area contributed by atoms with Crippen LogP contribution in [0.2, 0.25) is 0 Å². The number of hydrogen-bond donors (Lipinski definition) is 0. The smallest absolute Gasteiger partial charge is 0.543 e. The summed E-state index contributed by atoms with van der Waals surface area (Å²) < 4.78 is 0. The fraction of sp³-hybridized carbons (Fsp3) is 0. The van der Waals surface area contributed by atoms with Crippen molar-refractivity contribution < 1.29 is 19.8 Å².